The monoisotopic (exact) mass is 243 g/mol. The zero-order valence-electron chi connectivity index (χ0n) is 8.25. The van der Waals surface area contributed by atoms with Crippen molar-refractivity contribution in [3.05, 3.63) is 16.1 Å². The molecule has 80 valence electrons. The number of esters is 1. The smallest absolute Gasteiger partial charge is 0.349 e. The average Bonchev–Trinajstić information content (AvgIpc) is 2.67. The van der Waals surface area contributed by atoms with Crippen LogP contribution in [0.2, 0.25) is 0 Å². The van der Waals surface area contributed by atoms with E-state index in [9.17, 15) is 4.79 Å². The van der Waals surface area contributed by atoms with Gasteiger partial charge in [-0.15, -0.1) is 11.6 Å². The van der Waals surface area contributed by atoms with Gasteiger partial charge in [0.25, 0.3) is 0 Å². The van der Waals surface area contributed by atoms with E-state index in [1.807, 2.05) is 0 Å². The Bertz CT molecular complexity index is 392. The lowest BCUT2D eigenvalue weighted by Crippen LogP contribution is -2.01. The van der Waals surface area contributed by atoms with Gasteiger partial charge >= 0.3 is 5.97 Å². The minimum Gasteiger partial charge on any atom is -0.462 e. The molecule has 5 heteroatoms. The molecule has 0 radical (unpaired) electrons. The Morgan fingerprint density at radius 3 is 3.20 bits per heavy atom. The molecule has 3 nitrogen and oxygen atoms in total. The van der Waals surface area contributed by atoms with Crippen LogP contribution in [0.15, 0.2) is 6.20 Å². The van der Waals surface area contributed by atoms with Crippen LogP contribution in [0, 0.1) is 11.8 Å². The van der Waals surface area contributed by atoms with Gasteiger partial charge in [-0.25, -0.2) is 9.78 Å². The van der Waals surface area contributed by atoms with Crippen molar-refractivity contribution >= 4 is 28.9 Å². The van der Waals surface area contributed by atoms with Crippen LogP contribution in [-0.4, -0.2) is 23.4 Å². The predicted octanol–water partition coefficient (Wildman–Crippen LogP) is 2.30. The maximum absolute atomic E-state index is 11.3. The van der Waals surface area contributed by atoms with Crippen LogP contribution in [0.5, 0.6) is 0 Å². The molecule has 15 heavy (non-hydrogen) atoms. The van der Waals surface area contributed by atoms with Crippen LogP contribution in [0.25, 0.3) is 0 Å². The van der Waals surface area contributed by atoms with Crippen molar-refractivity contribution in [1.29, 1.82) is 0 Å². The molecule has 0 aliphatic carbocycles. The Labute approximate surface area is 97.4 Å². The number of rotatable bonds is 3. The standard InChI is InChI=1S/C10H10ClNO2S/c1-2-14-10(13)8-7-12-9(15-8)5-3-4-6-11/h7H,2,4,6H2,1H3. The van der Waals surface area contributed by atoms with Crippen molar-refractivity contribution in [3.63, 3.8) is 0 Å². The highest BCUT2D eigenvalue weighted by Crippen LogP contribution is 2.12. The van der Waals surface area contributed by atoms with Crippen LogP contribution >= 0.6 is 22.9 Å². The van der Waals surface area contributed by atoms with Crippen molar-refractivity contribution in [1.82, 2.24) is 4.98 Å². The molecular weight excluding hydrogens is 234 g/mol. The van der Waals surface area contributed by atoms with Gasteiger partial charge in [-0.3, -0.25) is 0 Å². The SMILES string of the molecule is CCOC(=O)c1cnc(C#CCCCl)s1. The van der Waals surface area contributed by atoms with Crippen molar-refractivity contribution in [2.45, 2.75) is 13.3 Å². The second-order valence-corrected chi connectivity index (χ2v) is 3.90. The molecule has 0 N–H and O–H groups in total. The van der Waals surface area contributed by atoms with Crippen LogP contribution < -0.4 is 0 Å². The molecule has 0 aliphatic heterocycles. The largest absolute Gasteiger partial charge is 0.462 e. The quantitative estimate of drug-likeness (QED) is 0.465. The van der Waals surface area contributed by atoms with Gasteiger partial charge < -0.3 is 4.74 Å². The van der Waals surface area contributed by atoms with E-state index in [0.29, 0.717) is 28.8 Å². The number of hydrogen-bond donors (Lipinski definition) is 0. The first-order chi connectivity index (χ1) is 7.27. The predicted molar refractivity (Wildman–Crippen MR) is 60.3 cm³/mol. The summed E-state index contributed by atoms with van der Waals surface area (Å²) in [5, 5.41) is 0.614. The van der Waals surface area contributed by atoms with E-state index in [1.165, 1.54) is 17.5 Å². The van der Waals surface area contributed by atoms with Gasteiger partial charge in [0.2, 0.25) is 0 Å². The van der Waals surface area contributed by atoms with Crippen molar-refractivity contribution < 1.29 is 9.53 Å². The Kier molecular flexibility index (Phi) is 5.16. The van der Waals surface area contributed by atoms with E-state index in [4.69, 9.17) is 16.3 Å². The van der Waals surface area contributed by atoms with E-state index >= 15 is 0 Å². The number of carbonyl (C=O) groups excluding carboxylic acids is 1. The summed E-state index contributed by atoms with van der Waals surface area (Å²) in [5.74, 6) is 5.83. The Hall–Kier alpha value is -1.05. The third-order valence-electron chi connectivity index (χ3n) is 1.40. The normalized spacial score (nSPS) is 9.20. The Balaban J connectivity index is 2.65. The minimum absolute atomic E-state index is 0.347. The van der Waals surface area contributed by atoms with Gasteiger partial charge in [0.1, 0.15) is 4.88 Å². The fourth-order valence-corrected chi connectivity index (χ4v) is 1.59. The lowest BCUT2D eigenvalue weighted by Gasteiger charge is -1.95. The molecule has 0 amide bonds. The number of thiazole rings is 1. The molecule has 0 aromatic carbocycles. The molecule has 0 spiro atoms. The van der Waals surface area contributed by atoms with Crippen molar-refractivity contribution in [2.75, 3.05) is 12.5 Å². The van der Waals surface area contributed by atoms with Crippen LogP contribution in [0.3, 0.4) is 0 Å². The van der Waals surface area contributed by atoms with Crippen LogP contribution in [0.4, 0.5) is 0 Å². The van der Waals surface area contributed by atoms with Crippen molar-refractivity contribution in [2.24, 2.45) is 0 Å². The number of alkyl halides is 1. The first kappa shape index (κ1) is 12.0. The molecule has 0 saturated heterocycles. The number of halogens is 1. The summed E-state index contributed by atoms with van der Waals surface area (Å²) in [6, 6.07) is 0. The van der Waals surface area contributed by atoms with Crippen LogP contribution in [-0.2, 0) is 4.74 Å². The zero-order valence-corrected chi connectivity index (χ0v) is 9.82. The maximum atomic E-state index is 11.3. The summed E-state index contributed by atoms with van der Waals surface area (Å²) < 4.78 is 4.83. The fourth-order valence-electron chi connectivity index (χ4n) is 0.814. The van der Waals surface area contributed by atoms with Gasteiger partial charge in [0.15, 0.2) is 5.01 Å². The summed E-state index contributed by atoms with van der Waals surface area (Å²) in [6.07, 6.45) is 2.10. The lowest BCUT2D eigenvalue weighted by molar-refractivity contribution is 0.0532. The Morgan fingerprint density at radius 2 is 2.53 bits per heavy atom. The number of aromatic nitrogens is 1. The second kappa shape index (κ2) is 6.44. The number of ether oxygens (including phenoxy) is 1. The first-order valence-corrected chi connectivity index (χ1v) is 5.80. The molecule has 1 aromatic rings. The van der Waals surface area contributed by atoms with Crippen molar-refractivity contribution in [3.8, 4) is 11.8 Å². The van der Waals surface area contributed by atoms with E-state index in [-0.39, 0.29) is 5.97 Å². The van der Waals surface area contributed by atoms with E-state index < -0.39 is 0 Å². The molecule has 0 bridgehead atoms. The molecule has 0 aliphatic rings. The van der Waals surface area contributed by atoms with E-state index in [1.54, 1.807) is 6.92 Å². The molecule has 1 rings (SSSR count). The summed E-state index contributed by atoms with van der Waals surface area (Å²) in [6.45, 7) is 2.13. The molecule has 0 atom stereocenters. The van der Waals surface area contributed by atoms with E-state index in [0.717, 1.165) is 0 Å². The van der Waals surface area contributed by atoms with Gasteiger partial charge in [-0.05, 0) is 12.8 Å². The lowest BCUT2D eigenvalue weighted by atomic mass is 10.5. The summed E-state index contributed by atoms with van der Waals surface area (Å²) in [5.41, 5.74) is 0. The average molecular weight is 244 g/mol. The van der Waals surface area contributed by atoms with Gasteiger partial charge in [-0.1, -0.05) is 17.3 Å². The van der Waals surface area contributed by atoms with Gasteiger partial charge in [0.05, 0.1) is 12.8 Å². The molecule has 0 saturated carbocycles. The number of carbonyl (C=O) groups is 1. The second-order valence-electron chi connectivity index (χ2n) is 2.49. The minimum atomic E-state index is -0.347. The zero-order chi connectivity index (χ0) is 11.1. The van der Waals surface area contributed by atoms with E-state index in [2.05, 4.69) is 16.8 Å². The third-order valence-corrected chi connectivity index (χ3v) is 2.48. The van der Waals surface area contributed by atoms with Gasteiger partial charge in [0, 0.05) is 12.3 Å². The molecule has 0 unspecified atom stereocenters. The number of nitrogens with zero attached hydrogens (tertiary/aromatic N) is 1. The van der Waals surface area contributed by atoms with Gasteiger partial charge in [-0.2, -0.15) is 0 Å². The fraction of sp³-hybridized carbons (Fsp3) is 0.400. The van der Waals surface area contributed by atoms with Crippen LogP contribution in [0.1, 0.15) is 28.0 Å². The highest BCUT2D eigenvalue weighted by molar-refractivity contribution is 7.14. The summed E-state index contributed by atoms with van der Waals surface area (Å²) in [4.78, 5) is 15.7. The highest BCUT2D eigenvalue weighted by Gasteiger charge is 2.09. The summed E-state index contributed by atoms with van der Waals surface area (Å²) >= 11 is 6.70. The molecule has 1 aromatic heterocycles. The number of hydrogen-bond acceptors (Lipinski definition) is 4. The third kappa shape index (κ3) is 3.90. The molecule has 1 heterocycles. The molecular formula is C10H10ClNO2S. The molecule has 0 fully saturated rings. The Morgan fingerprint density at radius 1 is 1.73 bits per heavy atom. The highest BCUT2D eigenvalue weighted by atomic mass is 35.5. The maximum Gasteiger partial charge on any atom is 0.349 e. The first-order valence-electron chi connectivity index (χ1n) is 4.45. The topological polar surface area (TPSA) is 39.2 Å². The summed E-state index contributed by atoms with van der Waals surface area (Å²) in [7, 11) is 0.